The fourth-order valence-electron chi connectivity index (χ4n) is 3.29. The van der Waals surface area contributed by atoms with Crippen molar-refractivity contribution in [2.24, 2.45) is 0 Å². The molecule has 0 saturated heterocycles. The molecule has 1 aliphatic rings. The molecule has 6 nitrogen and oxygen atoms in total. The number of sulfonamides is 1. The Morgan fingerprint density at radius 2 is 1.81 bits per heavy atom. The molecule has 1 aliphatic carbocycles. The summed E-state index contributed by atoms with van der Waals surface area (Å²) in [4.78, 5) is 12.2. The molecule has 0 spiro atoms. The Balaban J connectivity index is 1.84. The van der Waals surface area contributed by atoms with Crippen LogP contribution in [0.3, 0.4) is 0 Å². The molecular weight excluding hydrogens is 352 g/mol. The zero-order chi connectivity index (χ0) is 19.2. The molecule has 1 amide bonds. The van der Waals surface area contributed by atoms with E-state index in [-0.39, 0.29) is 12.5 Å². The summed E-state index contributed by atoms with van der Waals surface area (Å²) in [5.41, 5.74) is 2.43. The summed E-state index contributed by atoms with van der Waals surface area (Å²) >= 11 is 0. The first-order chi connectivity index (χ1) is 12.3. The number of carbonyl (C=O) groups excluding carboxylic acids is 1. The molecule has 1 N–H and O–H groups in total. The van der Waals surface area contributed by atoms with E-state index in [0.717, 1.165) is 41.0 Å². The van der Waals surface area contributed by atoms with Crippen LogP contribution in [-0.2, 0) is 19.6 Å². The van der Waals surface area contributed by atoms with Gasteiger partial charge in [-0.15, -0.1) is 0 Å². The quantitative estimate of drug-likeness (QED) is 0.666. The van der Waals surface area contributed by atoms with Crippen LogP contribution < -0.4 is 9.62 Å². The second-order valence-electron chi connectivity index (χ2n) is 7.10. The van der Waals surface area contributed by atoms with Gasteiger partial charge >= 0.3 is 0 Å². The van der Waals surface area contributed by atoms with Gasteiger partial charge in [-0.1, -0.05) is 18.9 Å². The SMILES string of the molecule is Cc1cc(C)cc(N(CC(=O)NCCCOC2CCCC2)S(C)(=O)=O)c1. The number of nitrogens with one attached hydrogen (secondary N) is 1. The van der Waals surface area contributed by atoms with E-state index < -0.39 is 10.0 Å². The van der Waals surface area contributed by atoms with Gasteiger partial charge in [0.25, 0.3) is 0 Å². The van der Waals surface area contributed by atoms with Crippen LogP contribution in [0.5, 0.6) is 0 Å². The molecule has 2 rings (SSSR count). The molecule has 7 heteroatoms. The monoisotopic (exact) mass is 382 g/mol. The molecule has 0 unspecified atom stereocenters. The number of amides is 1. The third-order valence-corrected chi connectivity index (χ3v) is 5.62. The average molecular weight is 383 g/mol. The Hall–Kier alpha value is -1.60. The lowest BCUT2D eigenvalue weighted by Gasteiger charge is -2.23. The number of carbonyl (C=O) groups is 1. The minimum Gasteiger partial charge on any atom is -0.378 e. The molecule has 146 valence electrons. The van der Waals surface area contributed by atoms with Crippen LogP contribution in [-0.4, -0.2) is 46.4 Å². The van der Waals surface area contributed by atoms with Crippen LogP contribution in [0.1, 0.15) is 43.2 Å². The zero-order valence-electron chi connectivity index (χ0n) is 16.0. The van der Waals surface area contributed by atoms with E-state index in [0.29, 0.717) is 24.9 Å². The number of ether oxygens (including phenoxy) is 1. The zero-order valence-corrected chi connectivity index (χ0v) is 16.8. The van der Waals surface area contributed by atoms with Gasteiger partial charge in [-0.05, 0) is 56.4 Å². The maximum absolute atomic E-state index is 12.2. The van der Waals surface area contributed by atoms with Crippen molar-refractivity contribution in [3.05, 3.63) is 29.3 Å². The van der Waals surface area contributed by atoms with Crippen molar-refractivity contribution in [1.29, 1.82) is 0 Å². The fourth-order valence-corrected chi connectivity index (χ4v) is 4.13. The van der Waals surface area contributed by atoms with E-state index >= 15 is 0 Å². The number of hydrogen-bond donors (Lipinski definition) is 1. The summed E-state index contributed by atoms with van der Waals surface area (Å²) in [5, 5.41) is 2.78. The molecule has 1 aromatic carbocycles. The normalized spacial score (nSPS) is 15.2. The Labute approximate surface area is 157 Å². The summed E-state index contributed by atoms with van der Waals surface area (Å²) in [6.07, 6.45) is 6.95. The first-order valence-corrected chi connectivity index (χ1v) is 11.0. The van der Waals surface area contributed by atoms with Crippen molar-refractivity contribution < 1.29 is 17.9 Å². The molecule has 26 heavy (non-hydrogen) atoms. The average Bonchev–Trinajstić information content (AvgIpc) is 3.03. The largest absolute Gasteiger partial charge is 0.378 e. The summed E-state index contributed by atoms with van der Waals surface area (Å²) in [5.74, 6) is -0.310. The molecule has 0 bridgehead atoms. The predicted octanol–water partition coefficient (Wildman–Crippen LogP) is 2.53. The van der Waals surface area contributed by atoms with E-state index in [9.17, 15) is 13.2 Å². The molecule has 1 aromatic rings. The minimum absolute atomic E-state index is 0.217. The van der Waals surface area contributed by atoms with Gasteiger partial charge in [-0.2, -0.15) is 0 Å². The van der Waals surface area contributed by atoms with Crippen LogP contribution >= 0.6 is 0 Å². The first kappa shape index (κ1) is 20.7. The Kier molecular flexibility index (Phi) is 7.46. The van der Waals surface area contributed by atoms with Gasteiger partial charge in [0.15, 0.2) is 0 Å². The van der Waals surface area contributed by atoms with E-state index in [2.05, 4.69) is 5.32 Å². The van der Waals surface area contributed by atoms with Crippen LogP contribution in [0, 0.1) is 13.8 Å². The van der Waals surface area contributed by atoms with Crippen LogP contribution in [0.15, 0.2) is 18.2 Å². The standard InChI is InChI=1S/C19H30N2O4S/c1-15-11-16(2)13-17(12-15)21(26(3,23)24)14-19(22)20-9-6-10-25-18-7-4-5-8-18/h11-13,18H,4-10,14H2,1-3H3,(H,20,22). The molecule has 1 saturated carbocycles. The third kappa shape index (κ3) is 6.61. The third-order valence-electron chi connectivity index (χ3n) is 4.48. The molecule has 0 aliphatic heterocycles. The molecule has 0 radical (unpaired) electrons. The first-order valence-electron chi connectivity index (χ1n) is 9.20. The van der Waals surface area contributed by atoms with Crippen molar-refractivity contribution in [2.75, 3.05) is 30.3 Å². The topological polar surface area (TPSA) is 75.7 Å². The molecule has 0 heterocycles. The van der Waals surface area contributed by atoms with E-state index in [1.165, 1.54) is 12.8 Å². The molecule has 0 aromatic heterocycles. The van der Waals surface area contributed by atoms with Crippen molar-refractivity contribution in [2.45, 2.75) is 52.1 Å². The van der Waals surface area contributed by atoms with Gasteiger partial charge < -0.3 is 10.1 Å². The summed E-state index contributed by atoms with van der Waals surface area (Å²) < 4.78 is 31.2. The number of nitrogens with zero attached hydrogens (tertiary/aromatic N) is 1. The number of aryl methyl sites for hydroxylation is 2. The fraction of sp³-hybridized carbons (Fsp3) is 0.632. The number of rotatable bonds is 9. The highest BCUT2D eigenvalue weighted by Gasteiger charge is 2.21. The summed E-state index contributed by atoms with van der Waals surface area (Å²) in [6, 6.07) is 5.52. The number of benzene rings is 1. The maximum atomic E-state index is 12.2. The van der Waals surface area contributed by atoms with Crippen molar-refractivity contribution in [1.82, 2.24) is 5.32 Å². The van der Waals surface area contributed by atoms with Crippen LogP contribution in [0.2, 0.25) is 0 Å². The van der Waals surface area contributed by atoms with Gasteiger partial charge in [-0.25, -0.2) is 8.42 Å². The highest BCUT2D eigenvalue weighted by Crippen LogP contribution is 2.21. The van der Waals surface area contributed by atoms with E-state index in [4.69, 9.17) is 4.74 Å². The highest BCUT2D eigenvalue weighted by molar-refractivity contribution is 7.92. The lowest BCUT2D eigenvalue weighted by molar-refractivity contribution is -0.119. The second-order valence-corrected chi connectivity index (χ2v) is 9.00. The Bertz CT molecular complexity index is 692. The highest BCUT2D eigenvalue weighted by atomic mass is 32.2. The van der Waals surface area contributed by atoms with E-state index in [1.54, 1.807) is 12.1 Å². The van der Waals surface area contributed by atoms with Gasteiger partial charge in [0.2, 0.25) is 15.9 Å². The maximum Gasteiger partial charge on any atom is 0.240 e. The van der Waals surface area contributed by atoms with Crippen LogP contribution in [0.4, 0.5) is 5.69 Å². The summed E-state index contributed by atoms with van der Waals surface area (Å²) in [6.45, 7) is 4.70. The van der Waals surface area contributed by atoms with Gasteiger partial charge in [0, 0.05) is 13.2 Å². The smallest absolute Gasteiger partial charge is 0.240 e. The number of anilines is 1. The lowest BCUT2D eigenvalue weighted by atomic mass is 10.1. The molecular formula is C19H30N2O4S. The number of hydrogen-bond acceptors (Lipinski definition) is 4. The molecule has 0 atom stereocenters. The van der Waals surface area contributed by atoms with Gasteiger partial charge in [0.1, 0.15) is 6.54 Å². The Morgan fingerprint density at radius 1 is 1.19 bits per heavy atom. The Morgan fingerprint density at radius 3 is 2.38 bits per heavy atom. The van der Waals surface area contributed by atoms with Gasteiger partial charge in [-0.3, -0.25) is 9.10 Å². The van der Waals surface area contributed by atoms with Gasteiger partial charge in [0.05, 0.1) is 18.0 Å². The lowest BCUT2D eigenvalue weighted by Crippen LogP contribution is -2.40. The minimum atomic E-state index is -3.55. The molecule has 1 fully saturated rings. The van der Waals surface area contributed by atoms with Crippen molar-refractivity contribution >= 4 is 21.6 Å². The second kappa shape index (κ2) is 9.37. The van der Waals surface area contributed by atoms with Crippen molar-refractivity contribution in [3.63, 3.8) is 0 Å². The van der Waals surface area contributed by atoms with Crippen LogP contribution in [0.25, 0.3) is 0 Å². The summed E-state index contributed by atoms with van der Waals surface area (Å²) in [7, 11) is -3.55. The van der Waals surface area contributed by atoms with Crippen molar-refractivity contribution in [3.8, 4) is 0 Å². The van der Waals surface area contributed by atoms with E-state index in [1.807, 2.05) is 19.9 Å². The predicted molar refractivity (Wildman–Crippen MR) is 104 cm³/mol.